The van der Waals surface area contributed by atoms with E-state index in [2.05, 4.69) is 5.32 Å². The molecule has 1 heterocycles. The van der Waals surface area contributed by atoms with Gasteiger partial charge in [-0.1, -0.05) is 6.07 Å². The number of nitrogens with one attached hydrogen (secondary N) is 2. The highest BCUT2D eigenvalue weighted by Crippen LogP contribution is 2.19. The zero-order valence-corrected chi connectivity index (χ0v) is 17.4. The molecule has 8 nitrogen and oxygen atoms in total. The average molecular weight is 421 g/mol. The standard InChI is InChI=1S/C20H25N3O5S/c1-27-17-6-8-19(9-7-17)29(25,26)23-12-10-22(11-13-23)15-20(24)21-16-4-3-5-18(14-16)28-2/h3-9,14H,10-13,15H2,1-2H3,(H,21,24)/p+1. The number of piperazine rings is 1. The topological polar surface area (TPSA) is 89.4 Å². The molecule has 2 N–H and O–H groups in total. The van der Waals surface area contributed by atoms with Crippen LogP contribution in [0.2, 0.25) is 0 Å². The van der Waals surface area contributed by atoms with E-state index in [1.54, 1.807) is 43.5 Å². The Morgan fingerprint density at radius 2 is 1.69 bits per heavy atom. The fraction of sp³-hybridized carbons (Fsp3) is 0.350. The lowest BCUT2D eigenvalue weighted by molar-refractivity contribution is -0.895. The van der Waals surface area contributed by atoms with Crippen LogP contribution in [0.25, 0.3) is 0 Å². The van der Waals surface area contributed by atoms with Gasteiger partial charge in [0.2, 0.25) is 10.0 Å². The lowest BCUT2D eigenvalue weighted by Crippen LogP contribution is -3.15. The van der Waals surface area contributed by atoms with Gasteiger partial charge in [-0.25, -0.2) is 8.42 Å². The number of amides is 1. The Morgan fingerprint density at radius 3 is 2.31 bits per heavy atom. The van der Waals surface area contributed by atoms with Gasteiger partial charge in [0.1, 0.15) is 11.5 Å². The second-order valence-corrected chi connectivity index (χ2v) is 8.72. The quantitative estimate of drug-likeness (QED) is 0.670. The number of nitrogens with zero attached hydrogens (tertiary/aromatic N) is 1. The minimum absolute atomic E-state index is 0.111. The van der Waals surface area contributed by atoms with E-state index in [1.165, 1.54) is 11.4 Å². The number of benzene rings is 2. The molecule has 0 bridgehead atoms. The summed E-state index contributed by atoms with van der Waals surface area (Å²) in [6, 6.07) is 13.5. The number of hydrogen-bond donors (Lipinski definition) is 2. The summed E-state index contributed by atoms with van der Waals surface area (Å²) in [5.74, 6) is 1.17. The Bertz CT molecular complexity index is 939. The third-order valence-electron chi connectivity index (χ3n) is 4.89. The van der Waals surface area contributed by atoms with E-state index < -0.39 is 10.0 Å². The number of anilines is 1. The smallest absolute Gasteiger partial charge is 0.279 e. The molecule has 1 aliphatic rings. The van der Waals surface area contributed by atoms with Gasteiger partial charge in [0, 0.05) is 11.8 Å². The molecule has 0 saturated carbocycles. The zero-order chi connectivity index (χ0) is 20.9. The number of carbonyl (C=O) groups is 1. The molecular weight excluding hydrogens is 394 g/mol. The lowest BCUT2D eigenvalue weighted by atomic mass is 10.3. The fourth-order valence-corrected chi connectivity index (χ4v) is 4.69. The maximum Gasteiger partial charge on any atom is 0.279 e. The van der Waals surface area contributed by atoms with Crippen LogP contribution >= 0.6 is 0 Å². The molecule has 2 aromatic carbocycles. The molecule has 156 valence electrons. The van der Waals surface area contributed by atoms with E-state index in [4.69, 9.17) is 9.47 Å². The van der Waals surface area contributed by atoms with Crippen LogP contribution in [0.15, 0.2) is 53.4 Å². The molecule has 29 heavy (non-hydrogen) atoms. The molecule has 0 radical (unpaired) electrons. The van der Waals surface area contributed by atoms with E-state index in [9.17, 15) is 13.2 Å². The maximum absolute atomic E-state index is 12.8. The minimum Gasteiger partial charge on any atom is -0.497 e. The lowest BCUT2D eigenvalue weighted by Gasteiger charge is -2.31. The molecule has 1 fully saturated rings. The molecule has 0 aliphatic carbocycles. The van der Waals surface area contributed by atoms with Gasteiger partial charge in [-0.15, -0.1) is 0 Å². The van der Waals surface area contributed by atoms with Gasteiger partial charge in [0.25, 0.3) is 5.91 Å². The van der Waals surface area contributed by atoms with E-state index in [-0.39, 0.29) is 17.3 Å². The first kappa shape index (κ1) is 21.1. The first-order valence-electron chi connectivity index (χ1n) is 9.34. The first-order chi connectivity index (χ1) is 13.9. The molecule has 2 aromatic rings. The van der Waals surface area contributed by atoms with Gasteiger partial charge in [-0.3, -0.25) is 4.79 Å². The third-order valence-corrected chi connectivity index (χ3v) is 6.80. The minimum atomic E-state index is -3.55. The number of methoxy groups -OCH3 is 2. The van der Waals surface area contributed by atoms with Crippen LogP contribution in [0, 0.1) is 0 Å². The SMILES string of the molecule is COc1ccc(S(=O)(=O)N2CC[NH+](CC(=O)Nc3cccc(OC)c3)CC2)cc1. The summed E-state index contributed by atoms with van der Waals surface area (Å²) in [4.78, 5) is 13.6. The molecule has 3 rings (SSSR count). The molecular formula is C20H26N3O5S+. The fourth-order valence-electron chi connectivity index (χ4n) is 3.25. The van der Waals surface area contributed by atoms with E-state index in [0.717, 1.165) is 4.90 Å². The highest BCUT2D eigenvalue weighted by molar-refractivity contribution is 7.89. The normalized spacial score (nSPS) is 15.7. The summed E-state index contributed by atoms with van der Waals surface area (Å²) in [7, 11) is -0.434. The summed E-state index contributed by atoms with van der Waals surface area (Å²) < 4.78 is 37.3. The van der Waals surface area contributed by atoms with Crippen LogP contribution in [0.5, 0.6) is 11.5 Å². The van der Waals surface area contributed by atoms with Crippen LogP contribution in [0.4, 0.5) is 5.69 Å². The van der Waals surface area contributed by atoms with Crippen LogP contribution in [0.3, 0.4) is 0 Å². The summed E-state index contributed by atoms with van der Waals surface area (Å²) in [6.45, 7) is 2.17. The van der Waals surface area contributed by atoms with Crippen molar-refractivity contribution in [2.45, 2.75) is 4.90 Å². The van der Waals surface area contributed by atoms with Gasteiger partial charge in [-0.2, -0.15) is 4.31 Å². The predicted molar refractivity (Wildman–Crippen MR) is 109 cm³/mol. The number of sulfonamides is 1. The number of rotatable bonds is 7. The van der Waals surface area contributed by atoms with Crippen molar-refractivity contribution in [2.75, 3.05) is 52.3 Å². The van der Waals surface area contributed by atoms with Crippen molar-refractivity contribution < 1.29 is 27.6 Å². The van der Waals surface area contributed by atoms with Gasteiger partial charge >= 0.3 is 0 Å². The number of hydrogen-bond acceptors (Lipinski definition) is 5. The Labute approximate surface area is 171 Å². The van der Waals surface area contributed by atoms with Gasteiger partial charge in [0.05, 0.1) is 45.3 Å². The highest BCUT2D eigenvalue weighted by atomic mass is 32.2. The second kappa shape index (κ2) is 9.25. The largest absolute Gasteiger partial charge is 0.497 e. The molecule has 0 aromatic heterocycles. The van der Waals surface area contributed by atoms with Crippen LogP contribution in [-0.4, -0.2) is 65.6 Å². The van der Waals surface area contributed by atoms with Crippen LogP contribution in [0.1, 0.15) is 0 Å². The Balaban J connectivity index is 1.53. The molecule has 1 saturated heterocycles. The monoisotopic (exact) mass is 420 g/mol. The first-order valence-corrected chi connectivity index (χ1v) is 10.8. The van der Waals surface area contributed by atoms with Crippen molar-refractivity contribution in [3.8, 4) is 11.5 Å². The summed E-state index contributed by atoms with van der Waals surface area (Å²) in [6.07, 6.45) is 0. The number of ether oxygens (including phenoxy) is 2. The van der Waals surface area contributed by atoms with Crippen LogP contribution in [-0.2, 0) is 14.8 Å². The number of quaternary nitrogens is 1. The Kier molecular flexibility index (Phi) is 6.73. The zero-order valence-electron chi connectivity index (χ0n) is 16.6. The Hall–Kier alpha value is -2.62. The van der Waals surface area contributed by atoms with E-state index in [1.807, 2.05) is 12.1 Å². The van der Waals surface area contributed by atoms with Crippen molar-refractivity contribution >= 4 is 21.6 Å². The van der Waals surface area contributed by atoms with Crippen LogP contribution < -0.4 is 19.7 Å². The molecule has 0 spiro atoms. The van der Waals surface area contributed by atoms with Gasteiger partial charge in [-0.05, 0) is 36.4 Å². The summed E-state index contributed by atoms with van der Waals surface area (Å²) >= 11 is 0. The number of carbonyl (C=O) groups excluding carboxylic acids is 1. The molecule has 0 unspecified atom stereocenters. The Morgan fingerprint density at radius 1 is 1.03 bits per heavy atom. The average Bonchev–Trinajstić information content (AvgIpc) is 2.74. The van der Waals surface area contributed by atoms with Gasteiger partial charge in [0.15, 0.2) is 6.54 Å². The molecule has 1 amide bonds. The second-order valence-electron chi connectivity index (χ2n) is 6.79. The van der Waals surface area contributed by atoms with Crippen molar-refractivity contribution in [1.82, 2.24) is 4.31 Å². The maximum atomic E-state index is 12.8. The van der Waals surface area contributed by atoms with Crippen molar-refractivity contribution in [3.63, 3.8) is 0 Å². The molecule has 1 aliphatic heterocycles. The van der Waals surface area contributed by atoms with Crippen molar-refractivity contribution in [1.29, 1.82) is 0 Å². The summed E-state index contributed by atoms with van der Waals surface area (Å²) in [5.41, 5.74) is 0.675. The third kappa shape index (κ3) is 5.26. The van der Waals surface area contributed by atoms with Crippen molar-refractivity contribution in [3.05, 3.63) is 48.5 Å². The molecule has 9 heteroatoms. The van der Waals surface area contributed by atoms with E-state index in [0.29, 0.717) is 43.4 Å². The van der Waals surface area contributed by atoms with Gasteiger partial charge < -0.3 is 19.7 Å². The summed E-state index contributed by atoms with van der Waals surface area (Å²) in [5, 5.41) is 2.86. The van der Waals surface area contributed by atoms with Crippen molar-refractivity contribution in [2.24, 2.45) is 0 Å². The van der Waals surface area contributed by atoms with E-state index >= 15 is 0 Å². The predicted octanol–water partition coefficient (Wildman–Crippen LogP) is 0.232. The highest BCUT2D eigenvalue weighted by Gasteiger charge is 2.31. The molecule has 0 atom stereocenters.